The molecule has 5 atom stereocenters. The van der Waals surface area contributed by atoms with Crippen molar-refractivity contribution in [3.8, 4) is 6.07 Å². The minimum atomic E-state index is -1.24. The Hall–Kier alpha value is -3.32. The lowest BCUT2D eigenvalue weighted by molar-refractivity contribution is -0.149. The molecule has 0 aliphatic carbocycles. The van der Waals surface area contributed by atoms with Crippen molar-refractivity contribution in [1.82, 2.24) is 15.1 Å². The SMILES string of the molecule is CC[C@H](C)[C@](C)(NC(=O)N1C[C@H]2CC1[C@@H]1C(=O)N(c3ccc(C#N)c(Cl)c3C)C(=O)N21)C(=O)OC. The third-order valence-electron chi connectivity index (χ3n) is 7.82. The predicted molar refractivity (Wildman–Crippen MR) is 127 cm³/mol. The maximum absolute atomic E-state index is 13.5. The van der Waals surface area contributed by atoms with Gasteiger partial charge in [0, 0.05) is 6.54 Å². The Kier molecular flexibility index (Phi) is 6.18. The number of urea groups is 2. The molecule has 1 N–H and O–H groups in total. The standard InChI is InChI=1S/C24H28ClN5O5/c1-6-12(2)24(4,21(32)35-5)27-22(33)28-11-15-9-17(28)19-20(31)30(23(34)29(15)19)16-8-7-14(10-26)18(25)13(16)3/h7-8,12,15,17,19H,6,9,11H2,1-5H3,(H,27,33)/t12-,15+,17?,19+,24-/m0/s1. The zero-order valence-electron chi connectivity index (χ0n) is 20.3. The highest BCUT2D eigenvalue weighted by Gasteiger charge is 2.63. The molecule has 3 aliphatic rings. The molecule has 0 aromatic heterocycles. The molecule has 3 saturated heterocycles. The van der Waals surface area contributed by atoms with E-state index in [4.69, 9.17) is 16.3 Å². The fraction of sp³-hybridized carbons (Fsp3) is 0.542. The molecule has 186 valence electrons. The van der Waals surface area contributed by atoms with Crippen LogP contribution >= 0.6 is 11.6 Å². The molecule has 1 aromatic rings. The number of piperazine rings is 1. The summed E-state index contributed by atoms with van der Waals surface area (Å²) in [7, 11) is 1.28. The third kappa shape index (κ3) is 3.52. The summed E-state index contributed by atoms with van der Waals surface area (Å²) in [6.07, 6.45) is 1.12. The highest BCUT2D eigenvalue weighted by atomic mass is 35.5. The number of hydrogen-bond donors (Lipinski definition) is 1. The second-order valence-corrected chi connectivity index (χ2v) is 9.91. The number of nitriles is 1. The fourth-order valence-electron chi connectivity index (χ4n) is 5.41. The molecule has 0 saturated carbocycles. The number of fused-ring (bicyclic) bond motifs is 5. The first kappa shape index (κ1) is 24.8. The van der Waals surface area contributed by atoms with Crippen LogP contribution in [0.2, 0.25) is 5.02 Å². The molecule has 3 aliphatic heterocycles. The number of methoxy groups -OCH3 is 1. The van der Waals surface area contributed by atoms with Crippen LogP contribution in [0.15, 0.2) is 12.1 Å². The van der Waals surface area contributed by atoms with Gasteiger partial charge in [-0.25, -0.2) is 19.3 Å². The highest BCUT2D eigenvalue weighted by molar-refractivity contribution is 6.33. The number of esters is 1. The van der Waals surface area contributed by atoms with Crippen LogP contribution in [0.25, 0.3) is 0 Å². The molecule has 11 heteroatoms. The van der Waals surface area contributed by atoms with Crippen molar-refractivity contribution < 1.29 is 23.9 Å². The van der Waals surface area contributed by atoms with Crippen LogP contribution in [0.4, 0.5) is 15.3 Å². The molecule has 3 fully saturated rings. The number of likely N-dealkylation sites (tertiary alicyclic amines) is 1. The molecule has 3 heterocycles. The summed E-state index contributed by atoms with van der Waals surface area (Å²) in [4.78, 5) is 56.8. The number of anilines is 1. The van der Waals surface area contributed by atoms with E-state index in [9.17, 15) is 24.4 Å². The molecule has 2 bridgehead atoms. The lowest BCUT2D eigenvalue weighted by Gasteiger charge is -2.39. The van der Waals surface area contributed by atoms with Gasteiger partial charge in [0.15, 0.2) is 0 Å². The van der Waals surface area contributed by atoms with Crippen LogP contribution in [0.3, 0.4) is 0 Å². The van der Waals surface area contributed by atoms with E-state index in [0.717, 1.165) is 4.90 Å². The molecular formula is C24H28ClN5O5. The predicted octanol–water partition coefficient (Wildman–Crippen LogP) is 2.80. The summed E-state index contributed by atoms with van der Waals surface area (Å²) in [5.74, 6) is -1.18. The van der Waals surface area contributed by atoms with E-state index >= 15 is 0 Å². The first-order valence-electron chi connectivity index (χ1n) is 11.5. The smallest absolute Gasteiger partial charge is 0.332 e. The van der Waals surface area contributed by atoms with Crippen LogP contribution in [0.5, 0.6) is 0 Å². The maximum Gasteiger partial charge on any atom is 0.332 e. The molecule has 5 amide bonds. The molecule has 0 radical (unpaired) electrons. The molecule has 1 unspecified atom stereocenters. The number of halogens is 1. The summed E-state index contributed by atoms with van der Waals surface area (Å²) in [6.45, 7) is 7.32. The van der Waals surface area contributed by atoms with Gasteiger partial charge in [-0.2, -0.15) is 5.26 Å². The summed E-state index contributed by atoms with van der Waals surface area (Å²) < 4.78 is 4.95. The second kappa shape index (κ2) is 8.72. The minimum Gasteiger partial charge on any atom is -0.467 e. The first-order valence-corrected chi connectivity index (χ1v) is 11.9. The number of carbonyl (C=O) groups excluding carboxylic acids is 4. The van der Waals surface area contributed by atoms with Crippen LogP contribution in [0.1, 0.15) is 44.7 Å². The zero-order chi connectivity index (χ0) is 25.8. The normalized spacial score (nSPS) is 25.3. The number of carbonyl (C=O) groups is 4. The average Bonchev–Trinajstić information content (AvgIpc) is 3.51. The second-order valence-electron chi connectivity index (χ2n) is 9.53. The monoisotopic (exact) mass is 501 g/mol. The quantitative estimate of drug-likeness (QED) is 0.489. The number of rotatable bonds is 5. The van der Waals surface area contributed by atoms with Gasteiger partial charge in [-0.15, -0.1) is 0 Å². The Bertz CT molecular complexity index is 1170. The van der Waals surface area contributed by atoms with Gasteiger partial charge >= 0.3 is 18.0 Å². The molecular weight excluding hydrogens is 474 g/mol. The van der Waals surface area contributed by atoms with E-state index in [-0.39, 0.29) is 29.1 Å². The van der Waals surface area contributed by atoms with Gasteiger partial charge in [0.25, 0.3) is 5.91 Å². The molecule has 10 nitrogen and oxygen atoms in total. The van der Waals surface area contributed by atoms with E-state index in [2.05, 4.69) is 5.32 Å². The van der Waals surface area contributed by atoms with E-state index in [1.807, 2.05) is 19.9 Å². The first-order chi connectivity index (χ1) is 16.5. The number of nitrogens with zero attached hydrogens (tertiary/aromatic N) is 4. The molecule has 0 spiro atoms. The molecule has 4 rings (SSSR count). The molecule has 1 aromatic carbocycles. The van der Waals surface area contributed by atoms with Crippen molar-refractivity contribution in [2.45, 2.75) is 64.2 Å². The van der Waals surface area contributed by atoms with Crippen molar-refractivity contribution in [1.29, 1.82) is 5.26 Å². The van der Waals surface area contributed by atoms with Gasteiger partial charge in [0.1, 0.15) is 17.6 Å². The van der Waals surface area contributed by atoms with Crippen LogP contribution in [-0.4, -0.2) is 71.1 Å². The minimum absolute atomic E-state index is 0.189. The Morgan fingerprint density at radius 1 is 1.37 bits per heavy atom. The Morgan fingerprint density at radius 2 is 2.06 bits per heavy atom. The Balaban J connectivity index is 1.60. The number of nitrogens with one attached hydrogen (secondary N) is 1. The number of hydrogen-bond acceptors (Lipinski definition) is 6. The molecule has 35 heavy (non-hydrogen) atoms. The maximum atomic E-state index is 13.5. The van der Waals surface area contributed by atoms with Gasteiger partial charge < -0.3 is 19.9 Å². The lowest BCUT2D eigenvalue weighted by atomic mass is 9.85. The van der Waals surface area contributed by atoms with Crippen LogP contribution in [0, 0.1) is 24.2 Å². The van der Waals surface area contributed by atoms with Crippen molar-refractivity contribution >= 4 is 41.2 Å². The van der Waals surface area contributed by atoms with E-state index in [0.29, 0.717) is 24.1 Å². The Labute approximate surface area is 208 Å². The van der Waals surface area contributed by atoms with E-state index in [1.165, 1.54) is 24.1 Å². The number of amides is 5. The third-order valence-corrected chi connectivity index (χ3v) is 8.31. The number of ether oxygens (including phenoxy) is 1. The summed E-state index contributed by atoms with van der Waals surface area (Å²) in [6, 6.07) is 2.41. The lowest BCUT2D eigenvalue weighted by Crippen LogP contribution is -2.63. The van der Waals surface area contributed by atoms with E-state index < -0.39 is 41.6 Å². The summed E-state index contributed by atoms with van der Waals surface area (Å²) >= 11 is 6.28. The van der Waals surface area contributed by atoms with Crippen molar-refractivity contribution in [2.75, 3.05) is 18.6 Å². The van der Waals surface area contributed by atoms with Gasteiger partial charge in [-0.05, 0) is 43.9 Å². The van der Waals surface area contributed by atoms with Crippen molar-refractivity contribution in [3.05, 3.63) is 28.3 Å². The van der Waals surface area contributed by atoms with Gasteiger partial charge in [-0.3, -0.25) is 4.79 Å². The Morgan fingerprint density at radius 3 is 2.66 bits per heavy atom. The van der Waals surface area contributed by atoms with Gasteiger partial charge in [-0.1, -0.05) is 31.9 Å². The summed E-state index contributed by atoms with van der Waals surface area (Å²) in [5, 5.41) is 12.2. The topological polar surface area (TPSA) is 123 Å². The van der Waals surface area contributed by atoms with Gasteiger partial charge in [0.2, 0.25) is 0 Å². The fourth-order valence-corrected chi connectivity index (χ4v) is 5.61. The summed E-state index contributed by atoms with van der Waals surface area (Å²) in [5.41, 5.74) is -0.202. The van der Waals surface area contributed by atoms with E-state index in [1.54, 1.807) is 18.7 Å². The van der Waals surface area contributed by atoms with Crippen molar-refractivity contribution in [3.63, 3.8) is 0 Å². The zero-order valence-corrected chi connectivity index (χ0v) is 21.0. The van der Waals surface area contributed by atoms with Crippen molar-refractivity contribution in [2.24, 2.45) is 5.92 Å². The average molecular weight is 502 g/mol. The van der Waals surface area contributed by atoms with Gasteiger partial charge in [0.05, 0.1) is 35.5 Å². The highest BCUT2D eigenvalue weighted by Crippen LogP contribution is 2.43. The number of benzene rings is 1. The number of imide groups is 1. The van der Waals surface area contributed by atoms with Crippen LogP contribution in [-0.2, 0) is 14.3 Å². The largest absolute Gasteiger partial charge is 0.467 e. The van der Waals surface area contributed by atoms with Crippen LogP contribution < -0.4 is 10.2 Å².